The van der Waals surface area contributed by atoms with E-state index >= 15 is 0 Å². The molecule has 0 bridgehead atoms. The topological polar surface area (TPSA) is 21.3 Å². The number of hydrogen-bond donors (Lipinski definition) is 1. The van der Waals surface area contributed by atoms with E-state index in [9.17, 15) is 0 Å². The Bertz CT molecular complexity index is 178. The Balaban J connectivity index is 2.00. The first kappa shape index (κ1) is 16.0. The normalized spacial score (nSPS) is 22.0. The largest absolute Gasteiger partial charge is 0.377 e. The smallest absolute Gasteiger partial charge is 0.0727 e. The highest BCUT2D eigenvalue weighted by Crippen LogP contribution is 2.19. The van der Waals surface area contributed by atoms with E-state index in [1.54, 1.807) is 0 Å². The second-order valence-corrected chi connectivity index (χ2v) is 5.71. The summed E-state index contributed by atoms with van der Waals surface area (Å²) in [6.07, 6.45) is 15.4. The van der Waals surface area contributed by atoms with Crippen LogP contribution < -0.4 is 5.32 Å². The lowest BCUT2D eigenvalue weighted by Gasteiger charge is -2.30. The summed E-state index contributed by atoms with van der Waals surface area (Å²) in [5.74, 6) is 0. The van der Waals surface area contributed by atoms with E-state index in [2.05, 4.69) is 19.3 Å². The SMILES string of the molecule is CCCCCCCCCC(NC)C1CCCCO1. The minimum atomic E-state index is 0.476. The van der Waals surface area contributed by atoms with Crippen molar-refractivity contribution in [3.8, 4) is 0 Å². The van der Waals surface area contributed by atoms with E-state index in [0.717, 1.165) is 6.61 Å². The van der Waals surface area contributed by atoms with Gasteiger partial charge in [0.25, 0.3) is 0 Å². The highest BCUT2D eigenvalue weighted by molar-refractivity contribution is 4.78. The Morgan fingerprint density at radius 2 is 1.78 bits per heavy atom. The molecule has 1 rings (SSSR count). The highest BCUT2D eigenvalue weighted by atomic mass is 16.5. The lowest BCUT2D eigenvalue weighted by Crippen LogP contribution is -2.41. The van der Waals surface area contributed by atoms with Crippen LogP contribution in [-0.2, 0) is 4.74 Å². The average Bonchev–Trinajstić information content (AvgIpc) is 2.43. The van der Waals surface area contributed by atoms with E-state index < -0.39 is 0 Å². The molecule has 2 heteroatoms. The standard InChI is InChI=1S/C16H33NO/c1-3-4-5-6-7-8-9-12-15(17-2)16-13-10-11-14-18-16/h15-17H,3-14H2,1-2H3. The third kappa shape index (κ3) is 6.75. The monoisotopic (exact) mass is 255 g/mol. The molecule has 1 heterocycles. The predicted octanol–water partition coefficient (Wildman–Crippen LogP) is 4.28. The van der Waals surface area contributed by atoms with E-state index in [4.69, 9.17) is 4.74 Å². The molecule has 1 fully saturated rings. The summed E-state index contributed by atoms with van der Waals surface area (Å²) < 4.78 is 5.88. The van der Waals surface area contributed by atoms with Crippen LogP contribution in [0.4, 0.5) is 0 Å². The van der Waals surface area contributed by atoms with Crippen LogP contribution in [0.25, 0.3) is 0 Å². The fourth-order valence-corrected chi connectivity index (χ4v) is 2.92. The maximum atomic E-state index is 5.88. The summed E-state index contributed by atoms with van der Waals surface area (Å²) in [5.41, 5.74) is 0. The Hall–Kier alpha value is -0.0800. The van der Waals surface area contributed by atoms with Gasteiger partial charge in [-0.05, 0) is 32.7 Å². The van der Waals surface area contributed by atoms with E-state index in [1.807, 2.05) is 0 Å². The highest BCUT2D eigenvalue weighted by Gasteiger charge is 2.22. The average molecular weight is 255 g/mol. The summed E-state index contributed by atoms with van der Waals surface area (Å²) in [7, 11) is 2.09. The van der Waals surface area contributed by atoms with Gasteiger partial charge in [-0.3, -0.25) is 0 Å². The van der Waals surface area contributed by atoms with Gasteiger partial charge in [0.05, 0.1) is 6.10 Å². The van der Waals surface area contributed by atoms with Crippen molar-refractivity contribution in [3.05, 3.63) is 0 Å². The van der Waals surface area contributed by atoms with Crippen molar-refractivity contribution in [2.75, 3.05) is 13.7 Å². The predicted molar refractivity (Wildman–Crippen MR) is 79.0 cm³/mol. The molecule has 0 saturated carbocycles. The van der Waals surface area contributed by atoms with Crippen molar-refractivity contribution in [3.63, 3.8) is 0 Å². The summed E-state index contributed by atoms with van der Waals surface area (Å²) in [5, 5.41) is 3.46. The molecular formula is C16H33NO. The third-order valence-corrected chi connectivity index (χ3v) is 4.15. The minimum absolute atomic E-state index is 0.476. The van der Waals surface area contributed by atoms with Crippen molar-refractivity contribution < 1.29 is 4.74 Å². The molecule has 1 N–H and O–H groups in total. The molecule has 108 valence electrons. The first-order valence-electron chi connectivity index (χ1n) is 8.17. The molecule has 0 aliphatic carbocycles. The van der Waals surface area contributed by atoms with Gasteiger partial charge in [0.1, 0.15) is 0 Å². The van der Waals surface area contributed by atoms with Gasteiger partial charge in [-0.2, -0.15) is 0 Å². The quantitative estimate of drug-likeness (QED) is 0.588. The number of ether oxygens (including phenoxy) is 1. The second kappa shape index (κ2) is 10.8. The molecule has 18 heavy (non-hydrogen) atoms. The van der Waals surface area contributed by atoms with Crippen LogP contribution in [0.5, 0.6) is 0 Å². The first-order valence-corrected chi connectivity index (χ1v) is 8.17. The summed E-state index contributed by atoms with van der Waals surface area (Å²) in [6.45, 7) is 3.25. The van der Waals surface area contributed by atoms with E-state index in [1.165, 1.54) is 70.6 Å². The van der Waals surface area contributed by atoms with Crippen LogP contribution in [0.3, 0.4) is 0 Å². The van der Waals surface area contributed by atoms with Crippen LogP contribution in [0.2, 0.25) is 0 Å². The van der Waals surface area contributed by atoms with Crippen molar-refractivity contribution in [2.45, 2.75) is 89.7 Å². The molecule has 1 saturated heterocycles. The molecule has 0 spiro atoms. The zero-order valence-electron chi connectivity index (χ0n) is 12.5. The lowest BCUT2D eigenvalue weighted by molar-refractivity contribution is -0.00816. The zero-order valence-corrected chi connectivity index (χ0v) is 12.5. The number of hydrogen-bond acceptors (Lipinski definition) is 2. The summed E-state index contributed by atoms with van der Waals surface area (Å²) in [6, 6.07) is 0.584. The van der Waals surface area contributed by atoms with Gasteiger partial charge in [0.2, 0.25) is 0 Å². The second-order valence-electron chi connectivity index (χ2n) is 5.71. The van der Waals surface area contributed by atoms with E-state index in [0.29, 0.717) is 12.1 Å². The van der Waals surface area contributed by atoms with Crippen molar-refractivity contribution in [1.82, 2.24) is 5.32 Å². The number of likely N-dealkylation sites (N-methyl/N-ethyl adjacent to an activating group) is 1. The molecule has 0 radical (unpaired) electrons. The Morgan fingerprint density at radius 1 is 1.06 bits per heavy atom. The van der Waals surface area contributed by atoms with Crippen molar-refractivity contribution in [1.29, 1.82) is 0 Å². The van der Waals surface area contributed by atoms with Crippen LogP contribution in [0.15, 0.2) is 0 Å². The van der Waals surface area contributed by atoms with Crippen LogP contribution in [0, 0.1) is 0 Å². The lowest BCUT2D eigenvalue weighted by atomic mass is 9.97. The summed E-state index contributed by atoms with van der Waals surface area (Å²) in [4.78, 5) is 0. The first-order chi connectivity index (χ1) is 8.88. The van der Waals surface area contributed by atoms with Crippen LogP contribution >= 0.6 is 0 Å². The molecule has 2 nitrogen and oxygen atoms in total. The van der Waals surface area contributed by atoms with Gasteiger partial charge < -0.3 is 10.1 Å². The van der Waals surface area contributed by atoms with Crippen molar-refractivity contribution in [2.24, 2.45) is 0 Å². The van der Waals surface area contributed by atoms with Crippen LogP contribution in [0.1, 0.15) is 77.6 Å². The Morgan fingerprint density at radius 3 is 2.39 bits per heavy atom. The molecule has 1 aliphatic heterocycles. The van der Waals surface area contributed by atoms with Gasteiger partial charge in [-0.25, -0.2) is 0 Å². The maximum Gasteiger partial charge on any atom is 0.0727 e. The van der Waals surface area contributed by atoms with Gasteiger partial charge in [0.15, 0.2) is 0 Å². The van der Waals surface area contributed by atoms with Crippen LogP contribution in [-0.4, -0.2) is 25.8 Å². The zero-order chi connectivity index (χ0) is 13.1. The fraction of sp³-hybridized carbons (Fsp3) is 1.00. The van der Waals surface area contributed by atoms with Gasteiger partial charge in [-0.15, -0.1) is 0 Å². The summed E-state index contributed by atoms with van der Waals surface area (Å²) >= 11 is 0. The van der Waals surface area contributed by atoms with Gasteiger partial charge in [-0.1, -0.05) is 51.9 Å². The molecule has 2 unspecified atom stereocenters. The Kier molecular flexibility index (Phi) is 9.59. The molecular weight excluding hydrogens is 222 g/mol. The van der Waals surface area contributed by atoms with Gasteiger partial charge >= 0.3 is 0 Å². The molecule has 0 aromatic carbocycles. The van der Waals surface area contributed by atoms with Crippen molar-refractivity contribution >= 4 is 0 Å². The number of nitrogens with one attached hydrogen (secondary N) is 1. The Labute approximate surface area is 114 Å². The number of unbranched alkanes of at least 4 members (excludes halogenated alkanes) is 6. The van der Waals surface area contributed by atoms with Gasteiger partial charge in [0, 0.05) is 12.6 Å². The third-order valence-electron chi connectivity index (χ3n) is 4.15. The fourth-order valence-electron chi connectivity index (χ4n) is 2.92. The van der Waals surface area contributed by atoms with E-state index in [-0.39, 0.29) is 0 Å². The molecule has 0 amide bonds. The number of rotatable bonds is 10. The molecule has 2 atom stereocenters. The minimum Gasteiger partial charge on any atom is -0.377 e. The molecule has 0 aromatic heterocycles. The molecule has 0 aromatic rings. The maximum absolute atomic E-state index is 5.88. The molecule has 1 aliphatic rings.